The molecule has 0 N–H and O–H groups in total. The van der Waals surface area contributed by atoms with Crippen molar-refractivity contribution in [2.24, 2.45) is 5.92 Å². The number of halogens is 1. The quantitative estimate of drug-likeness (QED) is 0.436. The van der Waals surface area contributed by atoms with Gasteiger partial charge in [-0.25, -0.2) is 0 Å². The molecule has 4 rings (SSSR count). The van der Waals surface area contributed by atoms with Gasteiger partial charge in [-0.05, 0) is 30.7 Å². The van der Waals surface area contributed by atoms with E-state index in [4.69, 9.17) is 25.5 Å². The Labute approximate surface area is 208 Å². The van der Waals surface area contributed by atoms with Gasteiger partial charge in [0, 0.05) is 25.6 Å². The molecule has 2 aromatic carbocycles. The highest BCUT2D eigenvalue weighted by Crippen LogP contribution is 2.36. The summed E-state index contributed by atoms with van der Waals surface area (Å²) in [6, 6.07) is 12.4. The molecule has 0 bridgehead atoms. The van der Waals surface area contributed by atoms with Crippen LogP contribution in [0, 0.1) is 5.92 Å². The molecule has 1 atom stereocenters. The van der Waals surface area contributed by atoms with Crippen LogP contribution < -0.4 is 14.4 Å². The van der Waals surface area contributed by atoms with Crippen LogP contribution in [0.1, 0.15) is 25.7 Å². The zero-order valence-corrected chi connectivity index (χ0v) is 20.6. The Morgan fingerprint density at radius 1 is 1.20 bits per heavy atom. The fourth-order valence-electron chi connectivity index (χ4n) is 4.13. The number of anilines is 1. The van der Waals surface area contributed by atoms with E-state index in [2.05, 4.69) is 10.2 Å². The fourth-order valence-corrected chi connectivity index (χ4v) is 4.35. The van der Waals surface area contributed by atoms with Gasteiger partial charge in [-0.2, -0.15) is 0 Å². The zero-order valence-electron chi connectivity index (χ0n) is 19.9. The topological polar surface area (TPSA) is 98.0 Å². The van der Waals surface area contributed by atoms with Gasteiger partial charge in [-0.3, -0.25) is 9.59 Å². The van der Waals surface area contributed by atoms with E-state index in [0.29, 0.717) is 46.1 Å². The van der Waals surface area contributed by atoms with E-state index in [9.17, 15) is 9.59 Å². The van der Waals surface area contributed by atoms with Crippen molar-refractivity contribution in [1.29, 1.82) is 0 Å². The number of rotatable bonds is 9. The van der Waals surface area contributed by atoms with Crippen LogP contribution in [0.4, 0.5) is 5.69 Å². The standard InChI is InChI=1S/C25H27ClN4O5/c1-4-11-29(15-22-27-28-24(35-22)18-7-5-6-8-19(18)26)25(32)16-12-23(31)30(14-16)20-13-17(33-2)9-10-21(20)34-3/h5-10,13,16H,4,11-12,14-15H2,1-3H3. The van der Waals surface area contributed by atoms with Crippen LogP contribution >= 0.6 is 11.6 Å². The summed E-state index contributed by atoms with van der Waals surface area (Å²) in [4.78, 5) is 29.6. The number of carbonyl (C=O) groups is 2. The van der Waals surface area contributed by atoms with Gasteiger partial charge in [0.1, 0.15) is 11.5 Å². The number of hydrogen-bond acceptors (Lipinski definition) is 7. The van der Waals surface area contributed by atoms with Gasteiger partial charge in [-0.15, -0.1) is 10.2 Å². The summed E-state index contributed by atoms with van der Waals surface area (Å²) in [6.45, 7) is 2.87. The predicted octanol–water partition coefficient (Wildman–Crippen LogP) is 4.20. The monoisotopic (exact) mass is 498 g/mol. The summed E-state index contributed by atoms with van der Waals surface area (Å²) in [7, 11) is 3.10. The normalized spacial score (nSPS) is 15.4. The van der Waals surface area contributed by atoms with Crippen molar-refractivity contribution >= 4 is 29.1 Å². The summed E-state index contributed by atoms with van der Waals surface area (Å²) in [5.41, 5.74) is 1.21. The smallest absolute Gasteiger partial charge is 0.249 e. The first-order valence-electron chi connectivity index (χ1n) is 11.3. The van der Waals surface area contributed by atoms with Gasteiger partial charge in [-0.1, -0.05) is 30.7 Å². The van der Waals surface area contributed by atoms with Gasteiger partial charge < -0.3 is 23.7 Å². The minimum atomic E-state index is -0.504. The van der Waals surface area contributed by atoms with Gasteiger partial charge in [0.15, 0.2) is 0 Å². The number of nitrogens with zero attached hydrogens (tertiary/aromatic N) is 4. The summed E-state index contributed by atoms with van der Waals surface area (Å²) >= 11 is 6.23. The molecule has 35 heavy (non-hydrogen) atoms. The van der Waals surface area contributed by atoms with Crippen LogP contribution in [0.2, 0.25) is 5.02 Å². The van der Waals surface area contributed by atoms with Crippen molar-refractivity contribution in [1.82, 2.24) is 15.1 Å². The molecule has 0 radical (unpaired) electrons. The first kappa shape index (κ1) is 24.5. The molecule has 10 heteroatoms. The van der Waals surface area contributed by atoms with E-state index >= 15 is 0 Å². The summed E-state index contributed by atoms with van der Waals surface area (Å²) < 4.78 is 16.5. The molecule has 0 aliphatic carbocycles. The maximum Gasteiger partial charge on any atom is 0.249 e. The van der Waals surface area contributed by atoms with Gasteiger partial charge in [0.25, 0.3) is 0 Å². The van der Waals surface area contributed by atoms with E-state index in [0.717, 1.165) is 6.42 Å². The van der Waals surface area contributed by atoms with Crippen LogP contribution in [0.5, 0.6) is 11.5 Å². The molecule has 3 aromatic rings. The van der Waals surface area contributed by atoms with Crippen LogP contribution in [0.25, 0.3) is 11.5 Å². The highest BCUT2D eigenvalue weighted by atomic mass is 35.5. The lowest BCUT2D eigenvalue weighted by Crippen LogP contribution is -2.37. The van der Waals surface area contributed by atoms with Crippen molar-refractivity contribution in [3.8, 4) is 23.0 Å². The Kier molecular flexibility index (Phi) is 7.55. The minimum absolute atomic E-state index is 0.105. The maximum atomic E-state index is 13.5. The summed E-state index contributed by atoms with van der Waals surface area (Å²) in [5, 5.41) is 8.70. The molecular formula is C25H27ClN4O5. The first-order valence-corrected chi connectivity index (χ1v) is 11.7. The van der Waals surface area contributed by atoms with Crippen molar-refractivity contribution < 1.29 is 23.5 Å². The Morgan fingerprint density at radius 3 is 2.71 bits per heavy atom. The number of benzene rings is 2. The van der Waals surface area contributed by atoms with Crippen molar-refractivity contribution in [2.75, 3.05) is 32.2 Å². The third-order valence-corrected chi connectivity index (χ3v) is 6.18. The lowest BCUT2D eigenvalue weighted by Gasteiger charge is -2.24. The number of carbonyl (C=O) groups excluding carboxylic acids is 2. The largest absolute Gasteiger partial charge is 0.497 e. The number of aromatic nitrogens is 2. The van der Waals surface area contributed by atoms with Crippen LogP contribution in [0.15, 0.2) is 46.9 Å². The molecular weight excluding hydrogens is 472 g/mol. The van der Waals surface area contributed by atoms with Crippen LogP contribution in [-0.4, -0.2) is 54.2 Å². The second kappa shape index (κ2) is 10.8. The molecule has 1 saturated heterocycles. The molecule has 184 valence electrons. The van der Waals surface area contributed by atoms with E-state index in [1.165, 1.54) is 0 Å². The average Bonchev–Trinajstić information content (AvgIpc) is 3.49. The zero-order chi connectivity index (χ0) is 24.9. The Balaban J connectivity index is 1.51. The number of ether oxygens (including phenoxy) is 2. The van der Waals surface area contributed by atoms with Gasteiger partial charge in [0.2, 0.25) is 23.6 Å². The third kappa shape index (κ3) is 5.24. The molecule has 1 fully saturated rings. The fraction of sp³-hybridized carbons (Fsp3) is 0.360. The average molecular weight is 499 g/mol. The molecule has 0 saturated carbocycles. The minimum Gasteiger partial charge on any atom is -0.497 e. The van der Waals surface area contributed by atoms with Gasteiger partial charge in [0.05, 0.1) is 43.0 Å². The molecule has 1 aliphatic heterocycles. The van der Waals surface area contributed by atoms with Gasteiger partial charge >= 0.3 is 0 Å². The first-order chi connectivity index (χ1) is 16.9. The molecule has 1 unspecified atom stereocenters. The van der Waals surface area contributed by atoms with E-state index < -0.39 is 5.92 Å². The number of methoxy groups -OCH3 is 2. The van der Waals surface area contributed by atoms with Crippen LogP contribution in [0.3, 0.4) is 0 Å². The van der Waals surface area contributed by atoms with Crippen molar-refractivity contribution in [2.45, 2.75) is 26.3 Å². The lowest BCUT2D eigenvalue weighted by atomic mass is 10.1. The van der Waals surface area contributed by atoms with Crippen molar-refractivity contribution in [3.63, 3.8) is 0 Å². The second-order valence-corrected chi connectivity index (χ2v) is 8.59. The summed E-state index contributed by atoms with van der Waals surface area (Å²) in [6.07, 6.45) is 0.847. The lowest BCUT2D eigenvalue weighted by molar-refractivity contribution is -0.136. The molecule has 1 aliphatic rings. The molecule has 2 amide bonds. The highest BCUT2D eigenvalue weighted by molar-refractivity contribution is 6.33. The van der Waals surface area contributed by atoms with E-state index in [1.807, 2.05) is 19.1 Å². The third-order valence-electron chi connectivity index (χ3n) is 5.85. The molecule has 2 heterocycles. The number of amides is 2. The molecule has 0 spiro atoms. The van der Waals surface area contributed by atoms with E-state index in [1.54, 1.807) is 54.4 Å². The molecule has 9 nitrogen and oxygen atoms in total. The molecule has 1 aromatic heterocycles. The Hall–Kier alpha value is -3.59. The van der Waals surface area contributed by atoms with E-state index in [-0.39, 0.29) is 31.3 Å². The van der Waals surface area contributed by atoms with Crippen molar-refractivity contribution in [3.05, 3.63) is 53.4 Å². The number of hydrogen-bond donors (Lipinski definition) is 0. The predicted molar refractivity (Wildman–Crippen MR) is 130 cm³/mol. The van der Waals surface area contributed by atoms with Crippen LogP contribution in [-0.2, 0) is 16.1 Å². The second-order valence-electron chi connectivity index (χ2n) is 8.18. The Bertz CT molecular complexity index is 1210. The Morgan fingerprint density at radius 2 is 2.00 bits per heavy atom. The SMILES string of the molecule is CCCN(Cc1nnc(-c2ccccc2Cl)o1)C(=O)C1CC(=O)N(c2cc(OC)ccc2OC)C1. The summed E-state index contributed by atoms with van der Waals surface area (Å²) in [5.74, 6) is 0.944. The highest BCUT2D eigenvalue weighted by Gasteiger charge is 2.38. The maximum absolute atomic E-state index is 13.5.